The molecule has 0 unspecified atom stereocenters. The zero-order chi connectivity index (χ0) is 22.1. The van der Waals surface area contributed by atoms with Gasteiger partial charge in [-0.2, -0.15) is 0 Å². The molecule has 0 radical (unpaired) electrons. The van der Waals surface area contributed by atoms with E-state index in [1.54, 1.807) is 40.9 Å². The molecule has 0 saturated carbocycles. The minimum atomic E-state index is -0.539. The highest BCUT2D eigenvalue weighted by molar-refractivity contribution is 6.20. The third-order valence-corrected chi connectivity index (χ3v) is 4.97. The Morgan fingerprint density at radius 2 is 1.68 bits per heavy atom. The van der Waals surface area contributed by atoms with Crippen LogP contribution in [0.5, 0.6) is 0 Å². The summed E-state index contributed by atoms with van der Waals surface area (Å²) >= 11 is 0. The number of anilines is 2. The smallest absolute Gasteiger partial charge is 0.269 e. The summed E-state index contributed by atoms with van der Waals surface area (Å²) in [4.78, 5) is 36.6. The fourth-order valence-electron chi connectivity index (χ4n) is 3.40. The Morgan fingerprint density at radius 1 is 1.00 bits per heavy atom. The molecule has 2 aromatic heterocycles. The Kier molecular flexibility index (Phi) is 4.96. The van der Waals surface area contributed by atoms with Crippen molar-refractivity contribution in [2.24, 2.45) is 0 Å². The van der Waals surface area contributed by atoms with E-state index < -0.39 is 16.6 Å². The van der Waals surface area contributed by atoms with Crippen molar-refractivity contribution in [2.75, 3.05) is 11.1 Å². The zero-order valence-corrected chi connectivity index (χ0v) is 16.5. The number of carbonyl (C=O) groups is 2. The van der Waals surface area contributed by atoms with E-state index in [4.69, 9.17) is 5.73 Å². The molecule has 1 amide bonds. The van der Waals surface area contributed by atoms with Crippen molar-refractivity contribution in [1.82, 2.24) is 4.40 Å². The molecule has 0 atom stereocenters. The Hall–Kier alpha value is -4.46. The third kappa shape index (κ3) is 3.62. The number of ketones is 1. The maximum atomic E-state index is 13.2. The van der Waals surface area contributed by atoms with Gasteiger partial charge in [0.2, 0.25) is 5.78 Å². The number of nitrogens with one attached hydrogen (secondary N) is 1. The van der Waals surface area contributed by atoms with E-state index in [-0.39, 0.29) is 28.2 Å². The number of carbonyl (C=O) groups excluding carboxylic acids is 2. The van der Waals surface area contributed by atoms with Crippen LogP contribution in [0, 0.1) is 17.0 Å². The van der Waals surface area contributed by atoms with Crippen molar-refractivity contribution in [3.05, 3.63) is 105 Å². The predicted molar refractivity (Wildman–Crippen MR) is 117 cm³/mol. The van der Waals surface area contributed by atoms with E-state index >= 15 is 0 Å². The summed E-state index contributed by atoms with van der Waals surface area (Å²) in [5.74, 6) is -0.879. The topological polar surface area (TPSA) is 120 Å². The van der Waals surface area contributed by atoms with E-state index in [9.17, 15) is 19.7 Å². The molecule has 2 aromatic carbocycles. The summed E-state index contributed by atoms with van der Waals surface area (Å²) in [6.07, 6.45) is 1.65. The summed E-state index contributed by atoms with van der Waals surface area (Å²) in [5, 5.41) is 13.7. The molecule has 4 aromatic rings. The van der Waals surface area contributed by atoms with Crippen molar-refractivity contribution in [3.63, 3.8) is 0 Å². The number of amides is 1. The van der Waals surface area contributed by atoms with Gasteiger partial charge in [0.15, 0.2) is 0 Å². The molecule has 2 heterocycles. The van der Waals surface area contributed by atoms with E-state index in [2.05, 4.69) is 5.32 Å². The molecular formula is C23H18N4O4. The molecule has 0 saturated heterocycles. The van der Waals surface area contributed by atoms with Gasteiger partial charge in [-0.25, -0.2) is 0 Å². The number of nitro groups is 1. The molecule has 0 spiro atoms. The van der Waals surface area contributed by atoms with Gasteiger partial charge in [0, 0.05) is 29.6 Å². The lowest BCUT2D eigenvalue weighted by Gasteiger charge is -2.06. The van der Waals surface area contributed by atoms with Crippen molar-refractivity contribution < 1.29 is 14.5 Å². The van der Waals surface area contributed by atoms with E-state index in [0.717, 1.165) is 5.56 Å². The van der Waals surface area contributed by atoms with Gasteiger partial charge in [0.1, 0.15) is 5.69 Å². The van der Waals surface area contributed by atoms with Gasteiger partial charge in [-0.15, -0.1) is 0 Å². The quantitative estimate of drug-likeness (QED) is 0.288. The van der Waals surface area contributed by atoms with Crippen LogP contribution in [0.2, 0.25) is 0 Å². The fourth-order valence-corrected chi connectivity index (χ4v) is 3.40. The van der Waals surface area contributed by atoms with Gasteiger partial charge >= 0.3 is 0 Å². The second-order valence-electron chi connectivity index (χ2n) is 7.05. The molecule has 0 aliphatic carbocycles. The van der Waals surface area contributed by atoms with Gasteiger partial charge < -0.3 is 15.5 Å². The number of aryl methyl sites for hydroxylation is 1. The number of nitro benzene ring substituents is 1. The monoisotopic (exact) mass is 414 g/mol. The number of fused-ring (bicyclic) bond motifs is 1. The molecule has 0 aliphatic heterocycles. The number of nitrogens with two attached hydrogens (primary N) is 1. The van der Waals surface area contributed by atoms with Gasteiger partial charge in [0.25, 0.3) is 11.6 Å². The normalized spacial score (nSPS) is 10.7. The first-order chi connectivity index (χ1) is 14.9. The Bertz CT molecular complexity index is 1320. The molecule has 0 aliphatic rings. The molecule has 4 rings (SSSR count). The Labute approximate surface area is 177 Å². The maximum absolute atomic E-state index is 13.2. The number of hydrogen-bond acceptors (Lipinski definition) is 5. The minimum Gasteiger partial charge on any atom is -0.396 e. The SMILES string of the molecule is Cc1ccc(NC(=O)c2c(N)c(C(=O)c3ccc([N+](=O)[O-])cc3)n3ccccc23)cc1. The zero-order valence-electron chi connectivity index (χ0n) is 16.5. The van der Waals surface area contributed by atoms with Crippen LogP contribution in [0.3, 0.4) is 0 Å². The lowest BCUT2D eigenvalue weighted by Crippen LogP contribution is -2.14. The molecule has 8 heteroatoms. The number of aromatic nitrogens is 1. The second kappa shape index (κ2) is 7.75. The average molecular weight is 414 g/mol. The van der Waals surface area contributed by atoms with Gasteiger partial charge in [-0.3, -0.25) is 19.7 Å². The van der Waals surface area contributed by atoms with E-state index in [1.165, 1.54) is 24.3 Å². The minimum absolute atomic E-state index is 0.0409. The molecule has 3 N–H and O–H groups in total. The number of nitrogen functional groups attached to an aromatic ring is 1. The average Bonchev–Trinajstić information content (AvgIpc) is 3.06. The number of nitrogens with zero attached hydrogens (tertiary/aromatic N) is 2. The lowest BCUT2D eigenvalue weighted by molar-refractivity contribution is -0.384. The van der Waals surface area contributed by atoms with Gasteiger partial charge in [0.05, 0.1) is 21.7 Å². The third-order valence-electron chi connectivity index (χ3n) is 4.97. The molecule has 0 fully saturated rings. The van der Waals surface area contributed by atoms with E-state index in [1.807, 2.05) is 19.1 Å². The number of non-ortho nitro benzene ring substituents is 1. The summed E-state index contributed by atoms with van der Waals surface area (Å²) in [6, 6.07) is 17.7. The van der Waals surface area contributed by atoms with Crippen molar-refractivity contribution in [2.45, 2.75) is 6.92 Å². The Balaban J connectivity index is 1.77. The maximum Gasteiger partial charge on any atom is 0.269 e. The largest absolute Gasteiger partial charge is 0.396 e. The van der Waals surface area contributed by atoms with Crippen LogP contribution in [0.25, 0.3) is 5.52 Å². The number of pyridine rings is 1. The molecule has 0 bridgehead atoms. The van der Waals surface area contributed by atoms with Crippen LogP contribution in [0.4, 0.5) is 17.1 Å². The van der Waals surface area contributed by atoms with Gasteiger partial charge in [-0.1, -0.05) is 23.8 Å². The van der Waals surface area contributed by atoms with Gasteiger partial charge in [-0.05, 0) is 43.3 Å². The van der Waals surface area contributed by atoms with Crippen LogP contribution in [-0.2, 0) is 0 Å². The first kappa shape index (κ1) is 19.8. The highest BCUT2D eigenvalue weighted by atomic mass is 16.6. The molecular weight excluding hydrogens is 396 g/mol. The van der Waals surface area contributed by atoms with Crippen LogP contribution >= 0.6 is 0 Å². The van der Waals surface area contributed by atoms with Crippen molar-refractivity contribution in [3.8, 4) is 0 Å². The summed E-state index contributed by atoms with van der Waals surface area (Å²) in [5.41, 5.74) is 8.90. The van der Waals surface area contributed by atoms with Crippen LogP contribution in [0.15, 0.2) is 72.9 Å². The second-order valence-corrected chi connectivity index (χ2v) is 7.05. The van der Waals surface area contributed by atoms with Crippen LogP contribution < -0.4 is 11.1 Å². The first-order valence-electron chi connectivity index (χ1n) is 9.42. The first-order valence-corrected chi connectivity index (χ1v) is 9.42. The standard InChI is InChI=1S/C23H18N4O4/c1-14-5-9-16(10-6-14)25-23(29)19-18-4-2-3-13-26(18)21(20(19)24)22(28)15-7-11-17(12-8-15)27(30)31/h2-13H,24H2,1H3,(H,25,29). The van der Waals surface area contributed by atoms with E-state index in [0.29, 0.717) is 11.2 Å². The predicted octanol–water partition coefficient (Wildman–Crippen LogP) is 4.22. The number of hydrogen-bond donors (Lipinski definition) is 2. The number of rotatable bonds is 5. The van der Waals surface area contributed by atoms with Crippen LogP contribution in [0.1, 0.15) is 32.0 Å². The molecule has 8 nitrogen and oxygen atoms in total. The van der Waals surface area contributed by atoms with Crippen molar-refractivity contribution >= 4 is 34.3 Å². The van der Waals surface area contributed by atoms with Crippen LogP contribution in [-0.4, -0.2) is 21.0 Å². The summed E-state index contributed by atoms with van der Waals surface area (Å²) < 4.78 is 1.56. The molecule has 154 valence electrons. The lowest BCUT2D eigenvalue weighted by atomic mass is 10.1. The highest BCUT2D eigenvalue weighted by Crippen LogP contribution is 2.29. The fraction of sp³-hybridized carbons (Fsp3) is 0.0435. The summed E-state index contributed by atoms with van der Waals surface area (Å²) in [7, 11) is 0. The Morgan fingerprint density at radius 3 is 2.32 bits per heavy atom. The number of benzene rings is 2. The summed E-state index contributed by atoms with van der Waals surface area (Å²) in [6.45, 7) is 1.95. The highest BCUT2D eigenvalue weighted by Gasteiger charge is 2.26. The molecule has 31 heavy (non-hydrogen) atoms. The van der Waals surface area contributed by atoms with Crippen molar-refractivity contribution in [1.29, 1.82) is 0 Å².